The van der Waals surface area contributed by atoms with Crippen molar-refractivity contribution in [2.75, 3.05) is 0 Å². The monoisotopic (exact) mass is 306 g/mol. The van der Waals surface area contributed by atoms with E-state index in [4.69, 9.17) is 0 Å². The normalized spacial score (nSPS) is 11.0. The lowest BCUT2D eigenvalue weighted by Crippen LogP contribution is -2.17. The maximum absolute atomic E-state index is 12.7. The molecule has 0 aliphatic carbocycles. The van der Waals surface area contributed by atoms with Gasteiger partial charge in [-0.3, -0.25) is 14.6 Å². The first-order valence-electron chi connectivity index (χ1n) is 7.50. The molecule has 116 valence electrons. The maximum Gasteiger partial charge on any atom is 0.200 e. The van der Waals surface area contributed by atoms with Crippen LogP contribution in [0, 0.1) is 27.7 Å². The highest BCUT2D eigenvalue weighted by Crippen LogP contribution is 2.16. The van der Waals surface area contributed by atoms with Gasteiger partial charge in [0.2, 0.25) is 5.43 Å². The van der Waals surface area contributed by atoms with Gasteiger partial charge < -0.3 is 4.98 Å². The standard InChI is InChI=1S/C19H18N2O2/c1-10-5-6-14(7-11(10)2)18(22)16-9-20-17-13(4)21-12(3)8-15(17)19(16)23/h5-9H,1-4H3,(H,20,23). The molecular formula is C19H18N2O2. The number of carbonyl (C=O) groups excluding carboxylic acids is 1. The molecule has 3 rings (SSSR count). The van der Waals surface area contributed by atoms with Crippen molar-refractivity contribution in [1.82, 2.24) is 9.97 Å². The summed E-state index contributed by atoms with van der Waals surface area (Å²) >= 11 is 0. The van der Waals surface area contributed by atoms with Crippen LogP contribution in [0.2, 0.25) is 0 Å². The van der Waals surface area contributed by atoms with Crippen LogP contribution >= 0.6 is 0 Å². The Morgan fingerprint density at radius 1 is 1.04 bits per heavy atom. The molecule has 3 aromatic rings. The molecule has 1 N–H and O–H groups in total. The highest BCUT2D eigenvalue weighted by Gasteiger charge is 2.16. The van der Waals surface area contributed by atoms with Crippen molar-refractivity contribution in [3.05, 3.63) is 74.3 Å². The van der Waals surface area contributed by atoms with Gasteiger partial charge in [-0.2, -0.15) is 0 Å². The van der Waals surface area contributed by atoms with Gasteiger partial charge in [0.1, 0.15) is 0 Å². The molecule has 0 radical (unpaired) electrons. The lowest BCUT2D eigenvalue weighted by molar-refractivity contribution is 0.103. The molecule has 2 heterocycles. The number of ketones is 1. The zero-order valence-corrected chi connectivity index (χ0v) is 13.7. The smallest absolute Gasteiger partial charge is 0.200 e. The zero-order valence-electron chi connectivity index (χ0n) is 13.7. The van der Waals surface area contributed by atoms with Gasteiger partial charge in [-0.05, 0) is 51.0 Å². The SMILES string of the molecule is Cc1cc2c(=O)c(C(=O)c3ccc(C)c(C)c3)c[nH]c2c(C)n1. The molecule has 0 saturated heterocycles. The van der Waals surface area contributed by atoms with Crippen LogP contribution in [-0.4, -0.2) is 15.8 Å². The molecule has 1 aromatic carbocycles. The van der Waals surface area contributed by atoms with E-state index in [2.05, 4.69) is 9.97 Å². The molecule has 4 heteroatoms. The molecule has 0 bridgehead atoms. The molecule has 0 saturated carbocycles. The quantitative estimate of drug-likeness (QED) is 0.738. The van der Waals surface area contributed by atoms with Gasteiger partial charge >= 0.3 is 0 Å². The first kappa shape index (κ1) is 15.2. The fraction of sp³-hybridized carbons (Fsp3) is 0.211. The minimum atomic E-state index is -0.261. The average molecular weight is 306 g/mol. The summed E-state index contributed by atoms with van der Waals surface area (Å²) in [6.07, 6.45) is 1.49. The van der Waals surface area contributed by atoms with Crippen LogP contribution < -0.4 is 5.43 Å². The molecule has 0 aliphatic rings. The zero-order chi connectivity index (χ0) is 16.7. The van der Waals surface area contributed by atoms with Crippen LogP contribution in [0.15, 0.2) is 35.3 Å². The third-order valence-electron chi connectivity index (χ3n) is 4.19. The van der Waals surface area contributed by atoms with Gasteiger partial charge in [0.05, 0.1) is 16.8 Å². The Labute approximate surface area is 134 Å². The van der Waals surface area contributed by atoms with Crippen LogP contribution in [0.3, 0.4) is 0 Å². The van der Waals surface area contributed by atoms with E-state index < -0.39 is 0 Å². The second-order valence-electron chi connectivity index (χ2n) is 5.93. The van der Waals surface area contributed by atoms with Crippen molar-refractivity contribution >= 4 is 16.7 Å². The predicted octanol–water partition coefficient (Wildman–Crippen LogP) is 3.39. The number of hydrogen-bond acceptors (Lipinski definition) is 3. The topological polar surface area (TPSA) is 62.8 Å². The van der Waals surface area contributed by atoms with Crippen LogP contribution in [-0.2, 0) is 0 Å². The molecule has 0 unspecified atom stereocenters. The van der Waals surface area contributed by atoms with Gasteiger partial charge in [-0.25, -0.2) is 0 Å². The Morgan fingerprint density at radius 3 is 2.48 bits per heavy atom. The van der Waals surface area contributed by atoms with Gasteiger partial charge in [0, 0.05) is 22.8 Å². The van der Waals surface area contributed by atoms with Crippen molar-refractivity contribution in [2.24, 2.45) is 0 Å². The van der Waals surface area contributed by atoms with Crippen molar-refractivity contribution in [2.45, 2.75) is 27.7 Å². The number of fused-ring (bicyclic) bond motifs is 1. The predicted molar refractivity (Wildman–Crippen MR) is 91.2 cm³/mol. The third-order valence-corrected chi connectivity index (χ3v) is 4.19. The van der Waals surface area contributed by atoms with E-state index in [9.17, 15) is 9.59 Å². The molecule has 0 fully saturated rings. The summed E-state index contributed by atoms with van der Waals surface area (Å²) in [5.41, 5.74) is 4.77. The van der Waals surface area contributed by atoms with Crippen molar-refractivity contribution in [3.63, 3.8) is 0 Å². The summed E-state index contributed by atoms with van der Waals surface area (Å²) in [6, 6.07) is 7.20. The Hall–Kier alpha value is -2.75. The Bertz CT molecular complexity index is 1000. The van der Waals surface area contributed by atoms with Gasteiger partial charge in [-0.15, -0.1) is 0 Å². The number of carbonyl (C=O) groups is 1. The lowest BCUT2D eigenvalue weighted by atomic mass is 9.99. The summed E-state index contributed by atoms with van der Waals surface area (Å²) in [5, 5.41) is 0.504. The van der Waals surface area contributed by atoms with Gasteiger partial charge in [0.15, 0.2) is 5.78 Å². The second-order valence-corrected chi connectivity index (χ2v) is 5.93. The van der Waals surface area contributed by atoms with E-state index in [-0.39, 0.29) is 16.8 Å². The van der Waals surface area contributed by atoms with Gasteiger partial charge in [-0.1, -0.05) is 12.1 Å². The van der Waals surface area contributed by atoms with E-state index in [1.807, 2.05) is 39.8 Å². The van der Waals surface area contributed by atoms with Crippen LogP contribution in [0.25, 0.3) is 10.9 Å². The Morgan fingerprint density at radius 2 is 1.78 bits per heavy atom. The summed E-state index contributed by atoms with van der Waals surface area (Å²) in [5.74, 6) is -0.261. The summed E-state index contributed by atoms with van der Waals surface area (Å²) < 4.78 is 0. The second kappa shape index (κ2) is 5.47. The van der Waals surface area contributed by atoms with E-state index in [1.165, 1.54) is 6.20 Å². The number of H-pyrrole nitrogens is 1. The van der Waals surface area contributed by atoms with E-state index in [0.717, 1.165) is 22.5 Å². The van der Waals surface area contributed by atoms with Gasteiger partial charge in [0.25, 0.3) is 0 Å². The molecular weight excluding hydrogens is 288 g/mol. The number of rotatable bonds is 2. The number of benzene rings is 1. The lowest BCUT2D eigenvalue weighted by Gasteiger charge is -2.07. The van der Waals surface area contributed by atoms with E-state index in [0.29, 0.717) is 16.5 Å². The first-order chi connectivity index (χ1) is 10.9. The molecule has 23 heavy (non-hydrogen) atoms. The van der Waals surface area contributed by atoms with Crippen LogP contribution in [0.5, 0.6) is 0 Å². The minimum absolute atomic E-state index is 0.158. The summed E-state index contributed by atoms with van der Waals surface area (Å²) in [4.78, 5) is 32.8. The highest BCUT2D eigenvalue weighted by molar-refractivity contribution is 6.10. The molecule has 4 nitrogen and oxygen atoms in total. The van der Waals surface area contributed by atoms with Crippen molar-refractivity contribution in [3.8, 4) is 0 Å². The summed E-state index contributed by atoms with van der Waals surface area (Å²) in [7, 11) is 0. The minimum Gasteiger partial charge on any atom is -0.359 e. The van der Waals surface area contributed by atoms with Crippen molar-refractivity contribution in [1.29, 1.82) is 0 Å². The van der Waals surface area contributed by atoms with E-state index in [1.54, 1.807) is 12.1 Å². The van der Waals surface area contributed by atoms with Crippen LogP contribution in [0.4, 0.5) is 0 Å². The number of nitrogens with one attached hydrogen (secondary N) is 1. The average Bonchev–Trinajstić information content (AvgIpc) is 2.50. The fourth-order valence-electron chi connectivity index (χ4n) is 2.75. The fourth-order valence-corrected chi connectivity index (χ4v) is 2.75. The Kier molecular flexibility index (Phi) is 3.60. The number of aromatic nitrogens is 2. The number of aryl methyl sites for hydroxylation is 4. The third kappa shape index (κ3) is 2.57. The number of hydrogen-bond donors (Lipinski definition) is 1. The van der Waals surface area contributed by atoms with Crippen molar-refractivity contribution < 1.29 is 4.79 Å². The first-order valence-corrected chi connectivity index (χ1v) is 7.50. The number of nitrogens with zero attached hydrogens (tertiary/aromatic N) is 1. The number of pyridine rings is 2. The van der Waals surface area contributed by atoms with Crippen LogP contribution in [0.1, 0.15) is 38.4 Å². The van der Waals surface area contributed by atoms with E-state index >= 15 is 0 Å². The largest absolute Gasteiger partial charge is 0.359 e. The number of aromatic amines is 1. The summed E-state index contributed by atoms with van der Waals surface area (Å²) in [6.45, 7) is 7.62. The molecule has 0 amide bonds. The molecule has 0 spiro atoms. The highest BCUT2D eigenvalue weighted by atomic mass is 16.1. The maximum atomic E-state index is 12.7. The molecule has 0 atom stereocenters. The molecule has 2 aromatic heterocycles. The Balaban J connectivity index is 2.20. The molecule has 0 aliphatic heterocycles.